The van der Waals surface area contributed by atoms with E-state index in [1.165, 1.54) is 9.80 Å². The van der Waals surface area contributed by atoms with Crippen LogP contribution in [0.25, 0.3) is 0 Å². The Morgan fingerprint density at radius 2 is 1.73 bits per heavy atom. The second-order valence-corrected chi connectivity index (χ2v) is 16.7. The van der Waals surface area contributed by atoms with Crippen LogP contribution in [0.2, 0.25) is 0 Å². The molecule has 4 heterocycles. The summed E-state index contributed by atoms with van der Waals surface area (Å²) in [4.78, 5) is 71.1. The summed E-state index contributed by atoms with van der Waals surface area (Å²) in [5, 5.41) is 4.83. The molecule has 16 nitrogen and oxygen atoms in total. The van der Waals surface area contributed by atoms with Gasteiger partial charge in [-0.1, -0.05) is 25.0 Å². The minimum Gasteiger partial charge on any atom is -0.454 e. The maximum absolute atomic E-state index is 14.3. The average Bonchev–Trinajstić information content (AvgIpc) is 3.90. The molecule has 3 N–H and O–H groups in total. The van der Waals surface area contributed by atoms with Crippen LogP contribution in [-0.4, -0.2) is 96.5 Å². The summed E-state index contributed by atoms with van der Waals surface area (Å²) in [6.45, 7) is 3.90. The summed E-state index contributed by atoms with van der Waals surface area (Å²) >= 11 is 0. The molecule has 2 saturated carbocycles. The minimum atomic E-state index is -3.91. The largest absolute Gasteiger partial charge is 0.454 e. The van der Waals surface area contributed by atoms with Gasteiger partial charge in [0.25, 0.3) is 5.91 Å². The molecule has 0 bridgehead atoms. The van der Waals surface area contributed by atoms with Crippen LogP contribution in [0.5, 0.6) is 11.5 Å². The van der Waals surface area contributed by atoms with Gasteiger partial charge in [-0.3, -0.25) is 24.0 Å². The van der Waals surface area contributed by atoms with Crippen LogP contribution in [-0.2, 0) is 47.0 Å². The molecule has 1 unspecified atom stereocenters. The first kappa shape index (κ1) is 35.8. The molecule has 6 aliphatic rings. The third-order valence-electron chi connectivity index (χ3n) is 10.4. The zero-order valence-electron chi connectivity index (χ0n) is 29.3. The fourth-order valence-electron chi connectivity index (χ4n) is 7.37. The Bertz CT molecular complexity index is 1750. The molecular formula is C35H45N5O11S. The van der Waals surface area contributed by atoms with E-state index in [0.29, 0.717) is 37.2 Å². The molecule has 5 atom stereocenters. The molecule has 0 radical (unpaired) electrons. The van der Waals surface area contributed by atoms with Crippen LogP contribution < -0.4 is 24.8 Å². The van der Waals surface area contributed by atoms with E-state index in [4.69, 9.17) is 18.9 Å². The fourth-order valence-corrected chi connectivity index (χ4v) is 8.74. The lowest BCUT2D eigenvalue weighted by atomic mass is 10.0. The zero-order valence-corrected chi connectivity index (χ0v) is 30.1. The van der Waals surface area contributed by atoms with Crippen LogP contribution in [0.1, 0.15) is 82.8 Å². The molecule has 1 aromatic carbocycles. The molecule has 4 aliphatic heterocycles. The van der Waals surface area contributed by atoms with E-state index < -0.39 is 80.9 Å². The van der Waals surface area contributed by atoms with E-state index in [0.717, 1.165) is 24.0 Å². The van der Waals surface area contributed by atoms with Gasteiger partial charge in [-0.2, -0.15) is 0 Å². The van der Waals surface area contributed by atoms with Gasteiger partial charge in [-0.05, 0) is 75.6 Å². The summed E-state index contributed by atoms with van der Waals surface area (Å²) in [5.74, 6) is -1.32. The quantitative estimate of drug-likeness (QED) is 0.362. The number of allylic oxidation sites excluding steroid dienone is 1. The molecule has 0 aromatic heterocycles. The third kappa shape index (κ3) is 7.50. The first-order chi connectivity index (χ1) is 24.8. The summed E-state index contributed by atoms with van der Waals surface area (Å²) in [6, 6.07) is 1.44. The first-order valence-electron chi connectivity index (χ1n) is 18.0. The fraction of sp³-hybridized carbons (Fsp3) is 0.629. The van der Waals surface area contributed by atoms with Crippen LogP contribution in [0.3, 0.4) is 0 Å². The van der Waals surface area contributed by atoms with Crippen LogP contribution in [0.4, 0.5) is 9.59 Å². The predicted molar refractivity (Wildman–Crippen MR) is 182 cm³/mol. The van der Waals surface area contributed by atoms with Gasteiger partial charge < -0.3 is 34.5 Å². The second kappa shape index (κ2) is 14.1. The predicted octanol–water partition coefficient (Wildman–Crippen LogP) is 2.34. The van der Waals surface area contributed by atoms with Crippen molar-refractivity contribution >= 4 is 39.9 Å². The van der Waals surface area contributed by atoms with Gasteiger partial charge in [0, 0.05) is 25.4 Å². The van der Waals surface area contributed by atoms with Crippen molar-refractivity contribution in [3.63, 3.8) is 0 Å². The number of carbonyl (C=O) groups is 5. The molecule has 5 amide bonds. The van der Waals surface area contributed by atoms with Crippen molar-refractivity contribution in [2.45, 2.75) is 120 Å². The molecule has 3 fully saturated rings. The standard InChI is InChI=1S/C35H45N5O11S/c1-20(2)50-33(44)36-26-9-7-5-3-4-6-8-23-15-35(23,32(43)38-52(46,47)25-10-11-25)37-30(41)27-14-24(18-40(27)31(26)42)51-34(45)39-16-21-12-28-29(49-19-48-28)13-22(21)17-39/h6,8,12-13,20,23-27H,3-5,7,9-11,14-19H2,1-2H3,(H,36,44)(H,37,41)(H,38,43)/b8-6-/t23-,24-,26+,27?,35-/m1/s1. The maximum Gasteiger partial charge on any atom is 0.410 e. The lowest BCUT2D eigenvalue weighted by Gasteiger charge is -2.30. The molecule has 52 heavy (non-hydrogen) atoms. The summed E-state index contributed by atoms with van der Waals surface area (Å²) in [7, 11) is -3.91. The molecule has 7 rings (SSSR count). The third-order valence-corrected chi connectivity index (χ3v) is 12.2. The van der Waals surface area contributed by atoms with Crippen molar-refractivity contribution in [3.05, 3.63) is 35.4 Å². The summed E-state index contributed by atoms with van der Waals surface area (Å²) < 4.78 is 49.8. The number of benzene rings is 1. The van der Waals surface area contributed by atoms with Gasteiger partial charge in [0.15, 0.2) is 11.5 Å². The van der Waals surface area contributed by atoms with Crippen LogP contribution in [0.15, 0.2) is 24.3 Å². The number of sulfonamides is 1. The molecule has 17 heteroatoms. The molecular weight excluding hydrogens is 698 g/mol. The molecule has 282 valence electrons. The lowest BCUT2D eigenvalue weighted by Crippen LogP contribution is -2.58. The average molecular weight is 744 g/mol. The minimum absolute atomic E-state index is 0.0815. The monoisotopic (exact) mass is 743 g/mol. The van der Waals surface area contributed by atoms with Crippen molar-refractivity contribution in [2.24, 2.45) is 5.92 Å². The number of ether oxygens (including phenoxy) is 4. The number of nitrogens with one attached hydrogen (secondary N) is 3. The molecule has 0 spiro atoms. The molecule has 1 saturated heterocycles. The van der Waals surface area contributed by atoms with Gasteiger partial charge in [-0.15, -0.1) is 0 Å². The number of nitrogens with zero attached hydrogens (tertiary/aromatic N) is 2. The lowest BCUT2D eigenvalue weighted by molar-refractivity contribution is -0.141. The summed E-state index contributed by atoms with van der Waals surface area (Å²) in [5.41, 5.74) is 0.238. The van der Waals surface area contributed by atoms with E-state index in [9.17, 15) is 32.4 Å². The van der Waals surface area contributed by atoms with Gasteiger partial charge in [-0.25, -0.2) is 18.0 Å². The van der Waals surface area contributed by atoms with E-state index >= 15 is 0 Å². The molecule has 2 aliphatic carbocycles. The first-order valence-corrected chi connectivity index (χ1v) is 19.6. The Morgan fingerprint density at radius 3 is 2.40 bits per heavy atom. The van der Waals surface area contributed by atoms with Crippen LogP contribution in [0, 0.1) is 5.92 Å². The summed E-state index contributed by atoms with van der Waals surface area (Å²) in [6.07, 6.45) is 5.09. The van der Waals surface area contributed by atoms with Gasteiger partial charge >= 0.3 is 12.2 Å². The van der Waals surface area contributed by atoms with Gasteiger partial charge in [0.1, 0.15) is 23.7 Å². The van der Waals surface area contributed by atoms with Crippen molar-refractivity contribution in [1.29, 1.82) is 0 Å². The van der Waals surface area contributed by atoms with Gasteiger partial charge in [0.05, 0.1) is 17.9 Å². The number of fused-ring (bicyclic) bond motifs is 4. The van der Waals surface area contributed by atoms with Crippen molar-refractivity contribution in [1.82, 2.24) is 25.2 Å². The van der Waals surface area contributed by atoms with E-state index in [2.05, 4.69) is 15.4 Å². The number of alkyl carbamates (subject to hydrolysis) is 1. The number of rotatable bonds is 6. The Kier molecular flexibility index (Phi) is 9.73. The highest BCUT2D eigenvalue weighted by Gasteiger charge is 2.62. The van der Waals surface area contributed by atoms with E-state index in [1.54, 1.807) is 13.8 Å². The van der Waals surface area contributed by atoms with E-state index in [1.807, 2.05) is 24.3 Å². The highest BCUT2D eigenvalue weighted by atomic mass is 32.2. The Balaban J connectivity index is 1.12. The Labute approximate surface area is 301 Å². The molecule has 1 aromatic rings. The SMILES string of the molecule is CC(C)OC(=O)N[C@H]1CCCCC/C=C\[C@@H]2C[C@@]2(C(=O)NS(=O)(=O)C2CC2)NC(=O)C2C[C@@H](OC(=O)N3Cc4cc5c(cc4C3)OCO5)CN2C1=O. The van der Waals surface area contributed by atoms with Crippen molar-refractivity contribution in [2.75, 3.05) is 13.3 Å². The zero-order chi connectivity index (χ0) is 36.8. The smallest absolute Gasteiger partial charge is 0.410 e. The number of hydrogen-bond donors (Lipinski definition) is 3. The second-order valence-electron chi connectivity index (χ2n) is 14.7. The number of amides is 5. The normalized spacial score (nSPS) is 29.1. The van der Waals surface area contributed by atoms with E-state index in [-0.39, 0.29) is 45.7 Å². The number of hydrogen-bond acceptors (Lipinski definition) is 11. The van der Waals surface area contributed by atoms with Crippen molar-refractivity contribution < 1.29 is 51.3 Å². The van der Waals surface area contributed by atoms with Crippen LogP contribution >= 0.6 is 0 Å². The Hall–Kier alpha value is -4.54. The topological polar surface area (TPSA) is 199 Å². The highest BCUT2D eigenvalue weighted by Crippen LogP contribution is 2.46. The number of carbonyl (C=O) groups excluding carboxylic acids is 5. The maximum atomic E-state index is 14.3. The Morgan fingerprint density at radius 1 is 1.02 bits per heavy atom. The van der Waals surface area contributed by atoms with Crippen molar-refractivity contribution in [3.8, 4) is 11.5 Å². The highest BCUT2D eigenvalue weighted by molar-refractivity contribution is 7.91. The van der Waals surface area contributed by atoms with Gasteiger partial charge in [0.2, 0.25) is 28.6 Å².